The summed E-state index contributed by atoms with van der Waals surface area (Å²) in [6.45, 7) is 12.0. The largest absolute Gasteiger partial charge is 0.347 e. The fourth-order valence-electron chi connectivity index (χ4n) is 8.10. The molecule has 0 bridgehead atoms. The van der Waals surface area contributed by atoms with Crippen molar-refractivity contribution < 1.29 is 0 Å². The molecular weight excluding hydrogens is 561 g/mol. The first-order valence-corrected chi connectivity index (χ1v) is 18.0. The van der Waals surface area contributed by atoms with Gasteiger partial charge in [-0.2, -0.15) is 0 Å². The number of halogens is 1. The highest BCUT2D eigenvalue weighted by Gasteiger charge is 2.39. The molecule has 1 atom stereocenters. The number of hydrogen-bond acceptors (Lipinski definition) is 1. The summed E-state index contributed by atoms with van der Waals surface area (Å²) < 4.78 is 0. The van der Waals surface area contributed by atoms with Crippen LogP contribution in [0, 0.1) is 0 Å². The van der Waals surface area contributed by atoms with E-state index in [1.54, 1.807) is 10.6 Å². The first-order valence-electron chi connectivity index (χ1n) is 15.6. The number of fused-ring (bicyclic) bond motifs is 6. The van der Waals surface area contributed by atoms with Crippen LogP contribution in [0.2, 0.25) is 0 Å². The third kappa shape index (κ3) is 4.43. The van der Waals surface area contributed by atoms with Crippen LogP contribution in [0.4, 0.5) is 5.69 Å². The molecule has 0 N–H and O–H groups in total. The minimum Gasteiger partial charge on any atom is -0.347 e. The van der Waals surface area contributed by atoms with Crippen LogP contribution in [-0.4, -0.2) is 19.0 Å². The van der Waals surface area contributed by atoms with Gasteiger partial charge in [0.1, 0.15) is 0 Å². The molecule has 43 heavy (non-hydrogen) atoms. The van der Waals surface area contributed by atoms with Crippen molar-refractivity contribution in [3.05, 3.63) is 130 Å². The second-order valence-corrected chi connectivity index (χ2v) is 16.2. The van der Waals surface area contributed by atoms with Gasteiger partial charge in [0.25, 0.3) is 0 Å². The standard InChI is InChI=1S/C40H41ClNP/c1-39(2)34(42(5)32-22-18-26-12-7-9-16-30(26)36(32)39)24-20-28-14-11-15-29(38(28)41)21-25-35-40(3,4)37-31-17-10-8-13-27(31)19-23-33(37)43(35)6/h7-10,12-13,16-25,43H,11,14-15H2,1-6H3/b25-21+,28-20+,34-24+. The molecule has 4 aromatic carbocycles. The van der Waals surface area contributed by atoms with Gasteiger partial charge in [-0.1, -0.05) is 132 Å². The van der Waals surface area contributed by atoms with E-state index in [4.69, 9.17) is 11.6 Å². The Hall–Kier alpha value is -3.25. The van der Waals surface area contributed by atoms with Crippen molar-refractivity contribution in [3.63, 3.8) is 0 Å². The number of allylic oxidation sites excluding steroid dienone is 8. The van der Waals surface area contributed by atoms with Gasteiger partial charge in [-0.05, 0) is 92.5 Å². The molecule has 0 amide bonds. The van der Waals surface area contributed by atoms with Crippen molar-refractivity contribution in [2.24, 2.45) is 0 Å². The molecule has 3 heteroatoms. The Morgan fingerprint density at radius 1 is 0.744 bits per heavy atom. The highest BCUT2D eigenvalue weighted by atomic mass is 35.5. The molecule has 1 aliphatic carbocycles. The van der Waals surface area contributed by atoms with E-state index < -0.39 is 7.55 Å². The van der Waals surface area contributed by atoms with Crippen LogP contribution >= 0.6 is 19.1 Å². The van der Waals surface area contributed by atoms with E-state index in [2.05, 4.69) is 143 Å². The molecule has 3 aliphatic rings. The molecule has 1 nitrogen and oxygen atoms in total. The van der Waals surface area contributed by atoms with Gasteiger partial charge in [0, 0.05) is 34.3 Å². The lowest BCUT2D eigenvalue weighted by molar-refractivity contribution is 0.645. The van der Waals surface area contributed by atoms with E-state index in [0.717, 1.165) is 24.3 Å². The zero-order chi connectivity index (χ0) is 30.1. The molecule has 0 radical (unpaired) electrons. The second-order valence-electron chi connectivity index (χ2n) is 13.5. The Kier molecular flexibility index (Phi) is 6.92. The Morgan fingerprint density at radius 2 is 1.40 bits per heavy atom. The van der Waals surface area contributed by atoms with Crippen LogP contribution in [0.1, 0.15) is 58.1 Å². The fraction of sp³-hybridized carbons (Fsp3) is 0.275. The van der Waals surface area contributed by atoms with Crippen molar-refractivity contribution in [3.8, 4) is 0 Å². The topological polar surface area (TPSA) is 3.24 Å². The van der Waals surface area contributed by atoms with Gasteiger partial charge in [-0.3, -0.25) is 0 Å². The summed E-state index contributed by atoms with van der Waals surface area (Å²) in [6.07, 6.45) is 12.6. The molecule has 2 heterocycles. The number of benzene rings is 4. The molecule has 0 aromatic heterocycles. The number of rotatable bonds is 3. The van der Waals surface area contributed by atoms with Crippen molar-refractivity contribution in [2.45, 2.75) is 57.8 Å². The predicted molar refractivity (Wildman–Crippen MR) is 193 cm³/mol. The Balaban J connectivity index is 1.22. The minimum atomic E-state index is -0.827. The third-order valence-corrected chi connectivity index (χ3v) is 13.6. The first kappa shape index (κ1) is 28.5. The molecule has 0 saturated carbocycles. The number of hydrogen-bond donors (Lipinski definition) is 0. The highest BCUT2D eigenvalue weighted by Crippen LogP contribution is 2.50. The van der Waals surface area contributed by atoms with E-state index in [0.29, 0.717) is 0 Å². The average Bonchev–Trinajstić information content (AvgIpc) is 3.33. The van der Waals surface area contributed by atoms with Gasteiger partial charge in [-0.25, -0.2) is 0 Å². The Morgan fingerprint density at radius 3 is 2.12 bits per heavy atom. The van der Waals surface area contributed by atoms with Crippen molar-refractivity contribution >= 4 is 57.0 Å². The van der Waals surface area contributed by atoms with Gasteiger partial charge in [0.15, 0.2) is 0 Å². The molecule has 1 unspecified atom stereocenters. The summed E-state index contributed by atoms with van der Waals surface area (Å²) in [6, 6.07) is 26.8. The highest BCUT2D eigenvalue weighted by molar-refractivity contribution is 7.67. The van der Waals surface area contributed by atoms with Gasteiger partial charge in [0.2, 0.25) is 0 Å². The van der Waals surface area contributed by atoms with Crippen LogP contribution in [-0.2, 0) is 10.8 Å². The first-order chi connectivity index (χ1) is 20.6. The minimum absolute atomic E-state index is 0.0123. The number of nitrogens with zero attached hydrogens (tertiary/aromatic N) is 1. The molecule has 0 spiro atoms. The zero-order valence-electron chi connectivity index (χ0n) is 26.2. The molecular formula is C40H41ClNP. The van der Waals surface area contributed by atoms with Gasteiger partial charge < -0.3 is 4.90 Å². The van der Waals surface area contributed by atoms with Gasteiger partial charge >= 0.3 is 0 Å². The van der Waals surface area contributed by atoms with Crippen molar-refractivity contribution in [1.82, 2.24) is 0 Å². The summed E-state index contributed by atoms with van der Waals surface area (Å²) in [5.74, 6) is 0. The van der Waals surface area contributed by atoms with E-state index in [1.807, 2.05) is 0 Å². The molecule has 218 valence electrons. The Bertz CT molecular complexity index is 1980. The fourth-order valence-corrected chi connectivity index (χ4v) is 11.3. The predicted octanol–water partition coefficient (Wildman–Crippen LogP) is 10.4. The number of likely N-dealkylation sites (N-methyl/N-ethyl adjacent to an activating group) is 1. The van der Waals surface area contributed by atoms with Crippen LogP contribution < -0.4 is 10.2 Å². The van der Waals surface area contributed by atoms with Crippen LogP contribution in [0.25, 0.3) is 21.5 Å². The van der Waals surface area contributed by atoms with Crippen LogP contribution in [0.5, 0.6) is 0 Å². The normalized spacial score (nSPS) is 22.9. The van der Waals surface area contributed by atoms with E-state index in [9.17, 15) is 0 Å². The summed E-state index contributed by atoms with van der Waals surface area (Å²) in [5.41, 5.74) is 7.97. The van der Waals surface area contributed by atoms with Gasteiger partial charge in [0.05, 0.1) is 0 Å². The van der Waals surface area contributed by atoms with Crippen LogP contribution in [0.15, 0.2) is 119 Å². The number of anilines is 1. The summed E-state index contributed by atoms with van der Waals surface area (Å²) in [4.78, 5) is 2.37. The lowest BCUT2D eigenvalue weighted by Crippen LogP contribution is -2.25. The maximum Gasteiger partial charge on any atom is 0.0469 e. The second kappa shape index (κ2) is 10.4. The van der Waals surface area contributed by atoms with Crippen molar-refractivity contribution in [1.29, 1.82) is 0 Å². The van der Waals surface area contributed by atoms with Crippen LogP contribution in [0.3, 0.4) is 0 Å². The van der Waals surface area contributed by atoms with E-state index in [1.165, 1.54) is 55.2 Å². The van der Waals surface area contributed by atoms with E-state index >= 15 is 0 Å². The Labute approximate surface area is 262 Å². The molecule has 0 fully saturated rings. The summed E-state index contributed by atoms with van der Waals surface area (Å²) in [5, 5.41) is 9.44. The lowest BCUT2D eigenvalue weighted by Gasteiger charge is -2.25. The summed E-state index contributed by atoms with van der Waals surface area (Å²) >= 11 is 7.19. The zero-order valence-corrected chi connectivity index (χ0v) is 27.9. The van der Waals surface area contributed by atoms with Gasteiger partial charge in [-0.15, -0.1) is 0 Å². The maximum atomic E-state index is 7.19. The average molecular weight is 602 g/mol. The molecule has 0 saturated heterocycles. The quantitative estimate of drug-likeness (QED) is 0.211. The smallest absolute Gasteiger partial charge is 0.0469 e. The lowest BCUT2D eigenvalue weighted by atomic mass is 9.79. The summed E-state index contributed by atoms with van der Waals surface area (Å²) in [7, 11) is 1.37. The SMILES string of the molecule is CN1/C(=C/C=C2\CCCC(/C=C/C3=[PH](C)c4ccc5ccccc5c4C3(C)C)=C2Cl)C(C)(C)c2c1ccc1ccccc21. The van der Waals surface area contributed by atoms with E-state index in [-0.39, 0.29) is 10.8 Å². The monoisotopic (exact) mass is 601 g/mol. The van der Waals surface area contributed by atoms with Crippen molar-refractivity contribution in [2.75, 3.05) is 18.6 Å². The third-order valence-electron chi connectivity index (χ3n) is 10.3. The molecule has 2 aliphatic heterocycles. The molecule has 7 rings (SSSR count). The molecule has 4 aromatic rings. The maximum absolute atomic E-state index is 7.19.